The van der Waals surface area contributed by atoms with E-state index in [-0.39, 0.29) is 18.2 Å². The molecule has 1 aromatic rings. The van der Waals surface area contributed by atoms with E-state index in [1.54, 1.807) is 4.90 Å². The van der Waals surface area contributed by atoms with Gasteiger partial charge in [-0.1, -0.05) is 18.2 Å². The van der Waals surface area contributed by atoms with Crippen molar-refractivity contribution in [2.24, 2.45) is 4.99 Å². The Morgan fingerprint density at radius 1 is 1.33 bits per heavy atom. The van der Waals surface area contributed by atoms with Crippen molar-refractivity contribution in [1.29, 1.82) is 0 Å². The Balaban J connectivity index is 1.67. The Morgan fingerprint density at radius 3 is 2.71 bits per heavy atom. The van der Waals surface area contributed by atoms with Crippen molar-refractivity contribution >= 4 is 23.5 Å². The number of likely N-dealkylation sites (N-methyl/N-ethyl adjacent to an activating group) is 1. The van der Waals surface area contributed by atoms with Crippen molar-refractivity contribution in [3.63, 3.8) is 0 Å². The Hall–Kier alpha value is -2.41. The highest BCUT2D eigenvalue weighted by molar-refractivity contribution is 6.05. The van der Waals surface area contributed by atoms with Crippen LogP contribution in [-0.2, 0) is 9.59 Å². The number of para-hydroxylation sites is 1. The van der Waals surface area contributed by atoms with Crippen LogP contribution in [0.1, 0.15) is 13.3 Å². The molecule has 7 nitrogen and oxygen atoms in total. The highest BCUT2D eigenvalue weighted by atomic mass is 16.2. The van der Waals surface area contributed by atoms with E-state index in [1.807, 2.05) is 30.3 Å². The van der Waals surface area contributed by atoms with Gasteiger partial charge in [-0.2, -0.15) is 0 Å². The van der Waals surface area contributed by atoms with Crippen molar-refractivity contribution in [3.8, 4) is 0 Å². The minimum Gasteiger partial charge on any atom is -0.332 e. The summed E-state index contributed by atoms with van der Waals surface area (Å²) in [6, 6.07) is 8.56. The van der Waals surface area contributed by atoms with Crippen LogP contribution in [0.25, 0.3) is 0 Å². The van der Waals surface area contributed by atoms with Crippen molar-refractivity contribution < 1.29 is 14.5 Å². The van der Waals surface area contributed by atoms with Crippen LogP contribution < -0.4 is 15.5 Å². The average Bonchev–Trinajstić information content (AvgIpc) is 2.62. The summed E-state index contributed by atoms with van der Waals surface area (Å²) in [5.41, 5.74) is 0.713. The number of rotatable bonds is 3. The van der Waals surface area contributed by atoms with Crippen LogP contribution in [0.5, 0.6) is 0 Å². The molecule has 7 heteroatoms. The first-order chi connectivity index (χ1) is 11.7. The Morgan fingerprint density at radius 2 is 2.04 bits per heavy atom. The van der Waals surface area contributed by atoms with Gasteiger partial charge >= 0.3 is 0 Å². The van der Waals surface area contributed by atoms with Gasteiger partial charge in [-0.05, 0) is 19.1 Å². The van der Waals surface area contributed by atoms with Crippen molar-refractivity contribution in [2.45, 2.75) is 19.4 Å². The number of hydrogen-bond acceptors (Lipinski definition) is 4. The van der Waals surface area contributed by atoms with Gasteiger partial charge in [0.15, 0.2) is 0 Å². The van der Waals surface area contributed by atoms with Crippen LogP contribution in [0.3, 0.4) is 0 Å². The van der Waals surface area contributed by atoms with Gasteiger partial charge in [0.25, 0.3) is 0 Å². The number of hydrogen-bond donors (Lipinski definition) is 3. The highest BCUT2D eigenvalue weighted by Crippen LogP contribution is 2.11. The molecule has 0 saturated carbocycles. The maximum Gasteiger partial charge on any atom is 0.249 e. The fourth-order valence-corrected chi connectivity index (χ4v) is 3.02. The normalized spacial score (nSPS) is 21.9. The van der Waals surface area contributed by atoms with Gasteiger partial charge in [-0.3, -0.25) is 14.9 Å². The number of aliphatic imine (C=N–C) groups is 1. The third-order valence-electron chi connectivity index (χ3n) is 4.52. The van der Waals surface area contributed by atoms with Gasteiger partial charge in [-0.15, -0.1) is 0 Å². The maximum atomic E-state index is 12.4. The second-order valence-corrected chi connectivity index (χ2v) is 6.17. The molecule has 3 N–H and O–H groups in total. The first kappa shape index (κ1) is 16.4. The summed E-state index contributed by atoms with van der Waals surface area (Å²) in [6.45, 7) is 7.01. The van der Waals surface area contributed by atoms with Gasteiger partial charge in [0.1, 0.15) is 6.04 Å². The lowest BCUT2D eigenvalue weighted by Gasteiger charge is -2.35. The van der Waals surface area contributed by atoms with Crippen molar-refractivity contribution in [1.82, 2.24) is 10.2 Å². The smallest absolute Gasteiger partial charge is 0.249 e. The minimum atomic E-state index is -0.675. The van der Waals surface area contributed by atoms with E-state index in [0.717, 1.165) is 32.7 Å². The molecule has 2 amide bonds. The predicted octanol–water partition coefficient (Wildman–Crippen LogP) is -0.910. The first-order valence-corrected chi connectivity index (χ1v) is 8.48. The highest BCUT2D eigenvalue weighted by Gasteiger charge is 2.31. The molecule has 2 aliphatic rings. The van der Waals surface area contributed by atoms with Gasteiger partial charge in [0.2, 0.25) is 17.8 Å². The lowest BCUT2D eigenvalue weighted by Crippen LogP contribution is -3.14. The molecule has 2 aliphatic heterocycles. The van der Waals surface area contributed by atoms with Crippen LogP contribution in [0.15, 0.2) is 35.3 Å². The average molecular weight is 330 g/mol. The zero-order valence-corrected chi connectivity index (χ0v) is 13.9. The summed E-state index contributed by atoms with van der Waals surface area (Å²) in [6.07, 6.45) is 0.0857. The number of nitrogens with one attached hydrogen (secondary N) is 3. The van der Waals surface area contributed by atoms with Gasteiger partial charge in [0, 0.05) is 5.69 Å². The Bertz CT molecular complexity index is 623. The van der Waals surface area contributed by atoms with Gasteiger partial charge < -0.3 is 15.1 Å². The molecule has 1 atom stereocenters. The lowest BCUT2D eigenvalue weighted by atomic mass is 10.1. The van der Waals surface area contributed by atoms with Gasteiger partial charge in [-0.25, -0.2) is 4.99 Å². The SMILES string of the molecule is CC[NH+]1CCN(C2=N[C@@H](C(=O)Nc3ccccc3)CC(=O)N2)CC1. The van der Waals surface area contributed by atoms with E-state index in [1.165, 1.54) is 0 Å². The van der Waals surface area contributed by atoms with E-state index < -0.39 is 6.04 Å². The molecular formula is C17H24N5O2+. The Kier molecular flexibility index (Phi) is 5.10. The molecule has 3 rings (SSSR count). The number of piperazine rings is 1. The second-order valence-electron chi connectivity index (χ2n) is 6.17. The summed E-state index contributed by atoms with van der Waals surface area (Å²) in [5, 5.41) is 5.64. The summed E-state index contributed by atoms with van der Waals surface area (Å²) >= 11 is 0. The molecule has 0 radical (unpaired) electrons. The molecule has 1 aromatic carbocycles. The third-order valence-corrected chi connectivity index (χ3v) is 4.52. The van der Waals surface area contributed by atoms with Crippen molar-refractivity contribution in [2.75, 3.05) is 38.0 Å². The zero-order chi connectivity index (χ0) is 16.9. The van der Waals surface area contributed by atoms with E-state index in [9.17, 15) is 9.59 Å². The number of guanidine groups is 1. The maximum absolute atomic E-state index is 12.4. The molecule has 0 bridgehead atoms. The molecule has 1 saturated heterocycles. The number of anilines is 1. The quantitative estimate of drug-likeness (QED) is 0.671. The van der Waals surface area contributed by atoms with Crippen molar-refractivity contribution in [3.05, 3.63) is 30.3 Å². The molecule has 1 fully saturated rings. The fraction of sp³-hybridized carbons (Fsp3) is 0.471. The monoisotopic (exact) mass is 330 g/mol. The Labute approximate surface area is 141 Å². The van der Waals surface area contributed by atoms with E-state index >= 15 is 0 Å². The standard InChI is InChI=1S/C17H23N5O2/c1-2-21-8-10-22(11-9-21)17-19-14(12-15(23)20-17)16(24)18-13-6-4-3-5-7-13/h3-7,14H,2,8-12H2,1H3,(H,18,24)(H,19,20,23)/p+1/t14-/m1/s1. The number of amides is 2. The van der Waals surface area contributed by atoms with Crippen LogP contribution in [0, 0.1) is 0 Å². The summed E-state index contributed by atoms with van der Waals surface area (Å²) in [7, 11) is 0. The molecule has 0 aliphatic carbocycles. The van der Waals surface area contributed by atoms with E-state index in [4.69, 9.17) is 0 Å². The summed E-state index contributed by atoms with van der Waals surface area (Å²) < 4.78 is 0. The van der Waals surface area contributed by atoms with Gasteiger partial charge in [0.05, 0.1) is 39.1 Å². The molecule has 0 aromatic heterocycles. The number of benzene rings is 1. The van der Waals surface area contributed by atoms with E-state index in [2.05, 4.69) is 27.4 Å². The fourth-order valence-electron chi connectivity index (χ4n) is 3.02. The number of carbonyl (C=O) groups excluding carboxylic acids is 2. The van der Waals surface area contributed by atoms with Crippen LogP contribution in [0.4, 0.5) is 5.69 Å². The molecule has 24 heavy (non-hydrogen) atoms. The van der Waals surface area contributed by atoms with Crippen LogP contribution in [-0.4, -0.2) is 61.4 Å². The summed E-state index contributed by atoms with van der Waals surface area (Å²) in [4.78, 5) is 32.5. The van der Waals surface area contributed by atoms with Crippen LogP contribution >= 0.6 is 0 Å². The topological polar surface area (TPSA) is 78.2 Å². The molecule has 0 spiro atoms. The number of nitrogens with zero attached hydrogens (tertiary/aromatic N) is 2. The minimum absolute atomic E-state index is 0.0857. The largest absolute Gasteiger partial charge is 0.332 e. The molecule has 0 unspecified atom stereocenters. The molecule has 2 heterocycles. The predicted molar refractivity (Wildman–Crippen MR) is 91.9 cm³/mol. The van der Waals surface area contributed by atoms with Crippen LogP contribution in [0.2, 0.25) is 0 Å². The second kappa shape index (κ2) is 7.44. The molecule has 128 valence electrons. The number of carbonyl (C=O) groups is 2. The molecular weight excluding hydrogens is 306 g/mol. The zero-order valence-electron chi connectivity index (χ0n) is 13.9. The third kappa shape index (κ3) is 3.91. The lowest BCUT2D eigenvalue weighted by molar-refractivity contribution is -0.902. The first-order valence-electron chi connectivity index (χ1n) is 8.48. The van der Waals surface area contributed by atoms with E-state index in [0.29, 0.717) is 11.6 Å². The summed E-state index contributed by atoms with van der Waals surface area (Å²) in [5.74, 6) is 0.138. The number of quaternary nitrogens is 1.